The first-order valence-corrected chi connectivity index (χ1v) is 8.63. The Bertz CT molecular complexity index is 740. The zero-order valence-electron chi connectivity index (χ0n) is 13.5. The van der Waals surface area contributed by atoms with Crippen molar-refractivity contribution in [2.45, 2.75) is 37.8 Å². The SMILES string of the molecule is O=C(NC1CC1)C(c1ccc(F)cc1)N1CCCc2ccccc21. The van der Waals surface area contributed by atoms with Gasteiger partial charge in [0.25, 0.3) is 0 Å². The van der Waals surface area contributed by atoms with Crippen molar-refractivity contribution in [3.8, 4) is 0 Å². The number of nitrogens with one attached hydrogen (secondary N) is 1. The maximum absolute atomic E-state index is 13.3. The number of rotatable bonds is 4. The van der Waals surface area contributed by atoms with Crippen LogP contribution in [0.4, 0.5) is 10.1 Å². The molecule has 2 aromatic carbocycles. The molecule has 0 radical (unpaired) electrons. The molecule has 2 aliphatic rings. The lowest BCUT2D eigenvalue weighted by Crippen LogP contribution is -2.43. The van der Waals surface area contributed by atoms with Crippen LogP contribution in [0, 0.1) is 5.82 Å². The molecule has 0 saturated heterocycles. The van der Waals surface area contributed by atoms with Gasteiger partial charge in [0.2, 0.25) is 5.91 Å². The Labute approximate surface area is 141 Å². The quantitative estimate of drug-likeness (QED) is 0.932. The number of hydrogen-bond donors (Lipinski definition) is 1. The van der Waals surface area contributed by atoms with Crippen LogP contribution in [0.1, 0.15) is 36.4 Å². The molecule has 24 heavy (non-hydrogen) atoms. The largest absolute Gasteiger partial charge is 0.356 e. The van der Waals surface area contributed by atoms with Crippen molar-refractivity contribution in [1.29, 1.82) is 0 Å². The van der Waals surface area contributed by atoms with Gasteiger partial charge in [-0.2, -0.15) is 0 Å². The Kier molecular flexibility index (Phi) is 3.97. The number of fused-ring (bicyclic) bond motifs is 1. The molecule has 4 rings (SSSR count). The average Bonchev–Trinajstić information content (AvgIpc) is 3.41. The minimum atomic E-state index is -0.410. The van der Waals surface area contributed by atoms with E-state index in [4.69, 9.17) is 0 Å². The number of benzene rings is 2. The normalized spacial score (nSPS) is 18.0. The van der Waals surface area contributed by atoms with Gasteiger partial charge in [0, 0.05) is 18.3 Å². The predicted molar refractivity (Wildman–Crippen MR) is 92.4 cm³/mol. The molecule has 0 bridgehead atoms. The second-order valence-electron chi connectivity index (χ2n) is 6.66. The van der Waals surface area contributed by atoms with Gasteiger partial charge in [-0.3, -0.25) is 4.79 Å². The van der Waals surface area contributed by atoms with Gasteiger partial charge in [-0.15, -0.1) is 0 Å². The molecule has 0 aromatic heterocycles. The lowest BCUT2D eigenvalue weighted by Gasteiger charge is -2.37. The van der Waals surface area contributed by atoms with Crippen molar-refractivity contribution in [2.75, 3.05) is 11.4 Å². The first-order chi connectivity index (χ1) is 11.7. The fraction of sp³-hybridized carbons (Fsp3) is 0.350. The van der Waals surface area contributed by atoms with E-state index in [0.29, 0.717) is 6.04 Å². The lowest BCUT2D eigenvalue weighted by molar-refractivity contribution is -0.122. The summed E-state index contributed by atoms with van der Waals surface area (Å²) >= 11 is 0. The van der Waals surface area contributed by atoms with Gasteiger partial charge in [-0.1, -0.05) is 30.3 Å². The van der Waals surface area contributed by atoms with Gasteiger partial charge in [-0.25, -0.2) is 4.39 Å². The van der Waals surface area contributed by atoms with Crippen LogP contribution in [0.5, 0.6) is 0 Å². The molecule has 1 unspecified atom stereocenters. The molecule has 4 heteroatoms. The van der Waals surface area contributed by atoms with Crippen LogP contribution >= 0.6 is 0 Å². The Morgan fingerprint density at radius 1 is 1.12 bits per heavy atom. The molecule has 1 amide bonds. The van der Waals surface area contributed by atoms with Crippen LogP contribution in [-0.4, -0.2) is 18.5 Å². The van der Waals surface area contributed by atoms with E-state index in [9.17, 15) is 9.18 Å². The van der Waals surface area contributed by atoms with Crippen LogP contribution in [0.3, 0.4) is 0 Å². The molecule has 1 fully saturated rings. The van der Waals surface area contributed by atoms with Crippen molar-refractivity contribution >= 4 is 11.6 Å². The van der Waals surface area contributed by atoms with E-state index in [1.807, 2.05) is 12.1 Å². The third-order valence-corrected chi connectivity index (χ3v) is 4.82. The van der Waals surface area contributed by atoms with E-state index in [-0.39, 0.29) is 11.7 Å². The highest BCUT2D eigenvalue weighted by molar-refractivity contribution is 5.87. The highest BCUT2D eigenvalue weighted by Gasteiger charge is 2.34. The second kappa shape index (κ2) is 6.27. The van der Waals surface area contributed by atoms with Crippen molar-refractivity contribution < 1.29 is 9.18 Å². The summed E-state index contributed by atoms with van der Waals surface area (Å²) < 4.78 is 13.3. The molecule has 1 heterocycles. The molecule has 1 N–H and O–H groups in total. The fourth-order valence-electron chi connectivity index (χ4n) is 3.46. The van der Waals surface area contributed by atoms with Gasteiger partial charge in [0.05, 0.1) is 0 Å². The molecule has 2 aromatic rings. The van der Waals surface area contributed by atoms with Gasteiger partial charge >= 0.3 is 0 Å². The van der Waals surface area contributed by atoms with Crippen molar-refractivity contribution in [2.24, 2.45) is 0 Å². The van der Waals surface area contributed by atoms with E-state index < -0.39 is 6.04 Å². The lowest BCUT2D eigenvalue weighted by atomic mass is 9.96. The highest BCUT2D eigenvalue weighted by atomic mass is 19.1. The molecule has 124 valence electrons. The molecule has 1 aliphatic carbocycles. The highest BCUT2D eigenvalue weighted by Crippen LogP contribution is 2.35. The Hall–Kier alpha value is -2.36. The molecular formula is C20H21FN2O. The number of amides is 1. The maximum atomic E-state index is 13.3. The standard InChI is InChI=1S/C20H21FN2O/c21-16-9-7-15(8-10-16)19(20(24)22-17-11-12-17)23-13-3-5-14-4-1-2-6-18(14)23/h1-2,4,6-10,17,19H,3,5,11-13H2,(H,22,24). The zero-order chi connectivity index (χ0) is 16.5. The third-order valence-electron chi connectivity index (χ3n) is 4.82. The monoisotopic (exact) mass is 324 g/mol. The minimum Gasteiger partial charge on any atom is -0.356 e. The van der Waals surface area contributed by atoms with E-state index in [1.54, 1.807) is 12.1 Å². The number of halogens is 1. The summed E-state index contributed by atoms with van der Waals surface area (Å²) in [5, 5.41) is 3.12. The molecule has 1 atom stereocenters. The van der Waals surface area contributed by atoms with Gasteiger partial charge in [0.15, 0.2) is 0 Å². The van der Waals surface area contributed by atoms with Crippen molar-refractivity contribution in [3.05, 3.63) is 65.5 Å². The fourth-order valence-corrected chi connectivity index (χ4v) is 3.46. The molecule has 1 aliphatic heterocycles. The van der Waals surface area contributed by atoms with E-state index in [2.05, 4.69) is 22.3 Å². The van der Waals surface area contributed by atoms with Crippen molar-refractivity contribution in [3.63, 3.8) is 0 Å². The summed E-state index contributed by atoms with van der Waals surface area (Å²) in [5.74, 6) is -0.264. The van der Waals surface area contributed by atoms with Crippen LogP contribution in [-0.2, 0) is 11.2 Å². The summed E-state index contributed by atoms with van der Waals surface area (Å²) in [7, 11) is 0. The topological polar surface area (TPSA) is 32.3 Å². The minimum absolute atomic E-state index is 0.0146. The number of nitrogens with zero attached hydrogens (tertiary/aromatic N) is 1. The Balaban J connectivity index is 1.72. The molecule has 0 spiro atoms. The molecule has 1 saturated carbocycles. The molecule has 3 nitrogen and oxygen atoms in total. The van der Waals surface area contributed by atoms with Crippen LogP contribution < -0.4 is 10.2 Å². The van der Waals surface area contributed by atoms with Crippen molar-refractivity contribution in [1.82, 2.24) is 5.32 Å². The third kappa shape index (κ3) is 3.01. The number of hydrogen-bond acceptors (Lipinski definition) is 2. The maximum Gasteiger partial charge on any atom is 0.247 e. The molecular weight excluding hydrogens is 303 g/mol. The van der Waals surface area contributed by atoms with Gasteiger partial charge < -0.3 is 10.2 Å². The van der Waals surface area contributed by atoms with E-state index >= 15 is 0 Å². The van der Waals surface area contributed by atoms with Gasteiger partial charge in [0.1, 0.15) is 11.9 Å². The Morgan fingerprint density at radius 3 is 2.62 bits per heavy atom. The summed E-state index contributed by atoms with van der Waals surface area (Å²) in [6.45, 7) is 0.830. The van der Waals surface area contributed by atoms with Crippen LogP contribution in [0.25, 0.3) is 0 Å². The number of anilines is 1. The predicted octanol–water partition coefficient (Wildman–Crippen LogP) is 3.60. The Morgan fingerprint density at radius 2 is 1.88 bits per heavy atom. The second-order valence-corrected chi connectivity index (χ2v) is 6.66. The summed E-state index contributed by atoms with van der Waals surface area (Å²) in [5.41, 5.74) is 3.23. The van der Waals surface area contributed by atoms with Gasteiger partial charge in [-0.05, 0) is 55.0 Å². The first kappa shape index (κ1) is 15.2. The van der Waals surface area contributed by atoms with Crippen LogP contribution in [0.2, 0.25) is 0 Å². The zero-order valence-corrected chi connectivity index (χ0v) is 13.5. The smallest absolute Gasteiger partial charge is 0.247 e. The summed E-state index contributed by atoms with van der Waals surface area (Å²) in [6, 6.07) is 14.5. The average molecular weight is 324 g/mol. The summed E-state index contributed by atoms with van der Waals surface area (Å²) in [6.07, 6.45) is 4.16. The van der Waals surface area contributed by atoms with E-state index in [0.717, 1.165) is 43.5 Å². The first-order valence-electron chi connectivity index (χ1n) is 8.63. The van der Waals surface area contributed by atoms with E-state index in [1.165, 1.54) is 17.7 Å². The number of aryl methyl sites for hydroxylation is 1. The summed E-state index contributed by atoms with van der Waals surface area (Å²) in [4.78, 5) is 15.1. The number of para-hydroxylation sites is 1. The van der Waals surface area contributed by atoms with Crippen LogP contribution in [0.15, 0.2) is 48.5 Å². The number of carbonyl (C=O) groups is 1. The number of carbonyl (C=O) groups excluding carboxylic acids is 1.